The van der Waals surface area contributed by atoms with Gasteiger partial charge in [-0.25, -0.2) is 4.39 Å². The highest BCUT2D eigenvalue weighted by Crippen LogP contribution is 2.38. The van der Waals surface area contributed by atoms with Gasteiger partial charge in [0, 0.05) is 38.2 Å². The van der Waals surface area contributed by atoms with Gasteiger partial charge in [-0.1, -0.05) is 0 Å². The maximum atomic E-state index is 13.2. The predicted octanol–water partition coefficient (Wildman–Crippen LogP) is 2.31. The number of carbonyl (C=O) groups is 1. The van der Waals surface area contributed by atoms with Crippen LogP contribution < -0.4 is 4.90 Å². The summed E-state index contributed by atoms with van der Waals surface area (Å²) in [5.74, 6) is -0.120. The molecule has 1 atom stereocenters. The number of halogens is 1. The van der Waals surface area contributed by atoms with Crippen LogP contribution in [-0.4, -0.2) is 59.0 Å². The maximum absolute atomic E-state index is 13.2. The number of carbonyl (C=O) groups excluding carboxylic acids is 1. The van der Waals surface area contributed by atoms with E-state index in [1.54, 1.807) is 29.2 Å². The number of hydrogen-bond acceptors (Lipinski definition) is 4. The number of likely N-dealkylation sites (tertiary alicyclic amines) is 1. The topological polar surface area (TPSA) is 50.6 Å². The number of nitrogens with zero attached hydrogens (tertiary/aromatic N) is 4. The zero-order valence-electron chi connectivity index (χ0n) is 15.6. The summed E-state index contributed by atoms with van der Waals surface area (Å²) in [5, 5.41) is 4.10. The summed E-state index contributed by atoms with van der Waals surface area (Å²) in [4.78, 5) is 16.5. The minimum Gasteiger partial charge on any atom is -0.373 e. The maximum Gasteiger partial charge on any atom is 0.244 e. The van der Waals surface area contributed by atoms with E-state index < -0.39 is 0 Å². The number of piperidine rings is 1. The van der Waals surface area contributed by atoms with Crippen molar-refractivity contribution in [3.8, 4) is 0 Å². The van der Waals surface area contributed by atoms with Crippen molar-refractivity contribution in [1.29, 1.82) is 0 Å². The highest BCUT2D eigenvalue weighted by Gasteiger charge is 2.44. The summed E-state index contributed by atoms with van der Waals surface area (Å²) in [7, 11) is 2.03. The molecular weight excluding hydrogens is 347 g/mol. The Morgan fingerprint density at radius 1 is 1.33 bits per heavy atom. The average molecular weight is 372 g/mol. The summed E-state index contributed by atoms with van der Waals surface area (Å²) in [5.41, 5.74) is 0.843. The molecule has 4 rings (SSSR count). The van der Waals surface area contributed by atoms with Crippen LogP contribution in [0.1, 0.15) is 19.3 Å². The molecule has 0 bridgehead atoms. The van der Waals surface area contributed by atoms with E-state index in [4.69, 9.17) is 4.74 Å². The lowest BCUT2D eigenvalue weighted by molar-refractivity contribution is -0.136. The molecule has 1 aromatic carbocycles. The quantitative estimate of drug-likeness (QED) is 0.827. The molecule has 144 valence electrons. The lowest BCUT2D eigenvalue weighted by atomic mass is 9.87. The number of rotatable bonds is 4. The third-order valence-electron chi connectivity index (χ3n) is 5.85. The second-order valence-corrected chi connectivity index (χ2v) is 7.52. The monoisotopic (exact) mass is 372 g/mol. The van der Waals surface area contributed by atoms with Gasteiger partial charge in [0.05, 0.1) is 18.2 Å². The normalized spacial score (nSPS) is 21.6. The van der Waals surface area contributed by atoms with Crippen molar-refractivity contribution < 1.29 is 13.9 Å². The number of aromatic nitrogens is 2. The Hall–Kier alpha value is -2.41. The average Bonchev–Trinajstić information content (AvgIpc) is 3.33. The summed E-state index contributed by atoms with van der Waals surface area (Å²) >= 11 is 0. The number of benzene rings is 1. The van der Waals surface area contributed by atoms with Gasteiger partial charge < -0.3 is 14.5 Å². The first kappa shape index (κ1) is 18.0. The molecule has 2 aliphatic rings. The van der Waals surface area contributed by atoms with Crippen LogP contribution in [0.25, 0.3) is 0 Å². The highest BCUT2D eigenvalue weighted by atomic mass is 19.1. The van der Waals surface area contributed by atoms with E-state index in [1.807, 2.05) is 18.0 Å². The van der Waals surface area contributed by atoms with Gasteiger partial charge in [0.15, 0.2) is 0 Å². The molecule has 0 saturated carbocycles. The van der Waals surface area contributed by atoms with Gasteiger partial charge in [0.1, 0.15) is 12.4 Å². The van der Waals surface area contributed by atoms with E-state index in [1.165, 1.54) is 12.1 Å². The fourth-order valence-electron chi connectivity index (χ4n) is 4.10. The number of ether oxygens (including phenoxy) is 1. The second kappa shape index (κ2) is 7.31. The Balaban J connectivity index is 1.32. The summed E-state index contributed by atoms with van der Waals surface area (Å²) in [6.45, 7) is 2.38. The van der Waals surface area contributed by atoms with Crippen molar-refractivity contribution in [2.45, 2.75) is 37.5 Å². The van der Waals surface area contributed by atoms with Crippen molar-refractivity contribution in [3.63, 3.8) is 0 Å². The summed E-state index contributed by atoms with van der Waals surface area (Å²) in [6.07, 6.45) is 6.13. The SMILES string of the molecule is CN(c1ccc(F)cc1)C1COC2(CCN(C(=O)Cn3cccn3)CC2)C1. The van der Waals surface area contributed by atoms with Crippen molar-refractivity contribution >= 4 is 11.6 Å². The van der Waals surface area contributed by atoms with E-state index in [-0.39, 0.29) is 29.9 Å². The minimum atomic E-state index is -0.224. The first-order valence-electron chi connectivity index (χ1n) is 9.42. The zero-order chi connectivity index (χ0) is 18.9. The van der Waals surface area contributed by atoms with Gasteiger partial charge in [0.25, 0.3) is 0 Å². The Kier molecular flexibility index (Phi) is 4.86. The largest absolute Gasteiger partial charge is 0.373 e. The molecule has 27 heavy (non-hydrogen) atoms. The van der Waals surface area contributed by atoms with Crippen LogP contribution in [0.15, 0.2) is 42.7 Å². The molecule has 1 aromatic heterocycles. The number of hydrogen-bond donors (Lipinski definition) is 0. The number of likely N-dealkylation sites (N-methyl/N-ethyl adjacent to an activating group) is 1. The molecule has 2 aromatic rings. The smallest absolute Gasteiger partial charge is 0.244 e. The Morgan fingerprint density at radius 2 is 2.07 bits per heavy atom. The van der Waals surface area contributed by atoms with Crippen LogP contribution >= 0.6 is 0 Å². The number of anilines is 1. The lowest BCUT2D eigenvalue weighted by Gasteiger charge is -2.39. The van der Waals surface area contributed by atoms with Gasteiger partial charge in [-0.15, -0.1) is 0 Å². The standard InChI is InChI=1S/C20H25FN4O2/c1-23(17-5-3-16(21)4-6-17)18-13-20(27-15-18)7-11-24(12-8-20)19(26)14-25-10-2-9-22-25/h2-6,9-10,18H,7-8,11-15H2,1H3. The van der Waals surface area contributed by atoms with Crippen molar-refractivity contribution in [2.75, 3.05) is 31.6 Å². The van der Waals surface area contributed by atoms with E-state index in [9.17, 15) is 9.18 Å². The number of amides is 1. The van der Waals surface area contributed by atoms with Crippen LogP contribution in [-0.2, 0) is 16.1 Å². The molecule has 0 aliphatic carbocycles. The first-order valence-corrected chi connectivity index (χ1v) is 9.42. The van der Waals surface area contributed by atoms with Crippen molar-refractivity contribution in [3.05, 3.63) is 48.5 Å². The van der Waals surface area contributed by atoms with Crippen LogP contribution in [0.2, 0.25) is 0 Å². The van der Waals surface area contributed by atoms with Gasteiger partial charge >= 0.3 is 0 Å². The molecule has 6 nitrogen and oxygen atoms in total. The molecule has 2 aliphatic heterocycles. The summed E-state index contributed by atoms with van der Waals surface area (Å²) < 4.78 is 21.0. The first-order chi connectivity index (χ1) is 13.0. The Morgan fingerprint density at radius 3 is 2.74 bits per heavy atom. The molecule has 1 unspecified atom stereocenters. The molecule has 1 amide bonds. The second-order valence-electron chi connectivity index (χ2n) is 7.52. The Labute approximate surface area is 158 Å². The van der Waals surface area contributed by atoms with Crippen LogP contribution in [0, 0.1) is 5.82 Å². The molecule has 1 spiro atoms. The fourth-order valence-corrected chi connectivity index (χ4v) is 4.10. The minimum absolute atomic E-state index is 0.103. The van der Waals surface area contributed by atoms with Crippen LogP contribution in [0.4, 0.5) is 10.1 Å². The van der Waals surface area contributed by atoms with Crippen LogP contribution in [0.3, 0.4) is 0 Å². The molecule has 2 fully saturated rings. The van der Waals surface area contributed by atoms with Gasteiger partial charge in [-0.3, -0.25) is 9.48 Å². The van der Waals surface area contributed by atoms with Gasteiger partial charge in [-0.05, 0) is 49.6 Å². The Bertz CT molecular complexity index is 770. The molecule has 0 radical (unpaired) electrons. The van der Waals surface area contributed by atoms with Crippen molar-refractivity contribution in [2.24, 2.45) is 0 Å². The van der Waals surface area contributed by atoms with Gasteiger partial charge in [0.2, 0.25) is 5.91 Å². The lowest BCUT2D eigenvalue weighted by Crippen LogP contribution is -2.47. The highest BCUT2D eigenvalue weighted by molar-refractivity contribution is 5.76. The molecule has 3 heterocycles. The molecule has 2 saturated heterocycles. The molecule has 0 N–H and O–H groups in total. The van der Waals surface area contributed by atoms with E-state index in [0.29, 0.717) is 19.7 Å². The third-order valence-corrected chi connectivity index (χ3v) is 5.85. The zero-order valence-corrected chi connectivity index (χ0v) is 15.6. The van der Waals surface area contributed by atoms with Gasteiger partial charge in [-0.2, -0.15) is 5.10 Å². The fraction of sp³-hybridized carbons (Fsp3) is 0.500. The van der Waals surface area contributed by atoms with E-state index in [2.05, 4.69) is 10.00 Å². The van der Waals surface area contributed by atoms with E-state index >= 15 is 0 Å². The predicted molar refractivity (Wildman–Crippen MR) is 99.9 cm³/mol. The molecule has 7 heteroatoms. The van der Waals surface area contributed by atoms with Crippen LogP contribution in [0.5, 0.6) is 0 Å². The van der Waals surface area contributed by atoms with E-state index in [0.717, 1.165) is 24.9 Å². The summed E-state index contributed by atoms with van der Waals surface area (Å²) in [6, 6.07) is 8.67. The van der Waals surface area contributed by atoms with Crippen molar-refractivity contribution in [1.82, 2.24) is 14.7 Å². The third kappa shape index (κ3) is 3.83. The molecular formula is C20H25FN4O2.